The first-order chi connectivity index (χ1) is 10.7. The quantitative estimate of drug-likeness (QED) is 0.784. The Morgan fingerprint density at radius 3 is 3.09 bits per heavy atom. The highest BCUT2D eigenvalue weighted by atomic mass is 19.1. The third-order valence-corrected chi connectivity index (χ3v) is 3.85. The summed E-state index contributed by atoms with van der Waals surface area (Å²) in [6, 6.07) is 3.48. The minimum absolute atomic E-state index is 0.261. The van der Waals surface area contributed by atoms with E-state index >= 15 is 0 Å². The van der Waals surface area contributed by atoms with E-state index in [2.05, 4.69) is 27.1 Å². The largest absolute Gasteiger partial charge is 0.444 e. The zero-order valence-corrected chi connectivity index (χ0v) is 12.0. The number of hydrogen-bond acceptors (Lipinski definition) is 6. The molecule has 0 bridgehead atoms. The molecule has 1 N–H and O–H groups in total. The number of nitrogens with zero attached hydrogens (tertiary/aromatic N) is 3. The molecule has 0 amide bonds. The number of fused-ring (bicyclic) bond motifs is 1. The fourth-order valence-electron chi connectivity index (χ4n) is 2.75. The van der Waals surface area contributed by atoms with Crippen LogP contribution in [0.5, 0.6) is 0 Å². The average molecular weight is 302 g/mol. The summed E-state index contributed by atoms with van der Waals surface area (Å²) in [6.07, 6.45) is 2.96. The molecule has 0 spiro atoms. The SMILES string of the molecule is C[C@H]1CNCCN1c1nc2cc(F)cc(-c3ncco3)c2o1. The second-order valence-electron chi connectivity index (χ2n) is 5.38. The first kappa shape index (κ1) is 13.3. The second-order valence-corrected chi connectivity index (χ2v) is 5.38. The van der Waals surface area contributed by atoms with Crippen LogP contribution >= 0.6 is 0 Å². The lowest BCUT2D eigenvalue weighted by Gasteiger charge is -2.32. The second kappa shape index (κ2) is 5.10. The molecule has 0 saturated carbocycles. The van der Waals surface area contributed by atoms with Gasteiger partial charge >= 0.3 is 0 Å². The minimum Gasteiger partial charge on any atom is -0.444 e. The summed E-state index contributed by atoms with van der Waals surface area (Å²) in [5.74, 6) is -0.0746. The average Bonchev–Trinajstić information content (AvgIpc) is 3.15. The molecule has 1 atom stereocenters. The summed E-state index contributed by atoms with van der Waals surface area (Å²) >= 11 is 0. The zero-order chi connectivity index (χ0) is 15.1. The lowest BCUT2D eigenvalue weighted by molar-refractivity contribution is 0.456. The lowest BCUT2D eigenvalue weighted by atomic mass is 10.2. The maximum absolute atomic E-state index is 13.8. The minimum atomic E-state index is -0.395. The highest BCUT2D eigenvalue weighted by Crippen LogP contribution is 2.32. The van der Waals surface area contributed by atoms with Crippen molar-refractivity contribution in [3.05, 3.63) is 30.4 Å². The van der Waals surface area contributed by atoms with Gasteiger partial charge in [-0.25, -0.2) is 9.37 Å². The van der Waals surface area contributed by atoms with Crippen molar-refractivity contribution >= 4 is 17.1 Å². The molecule has 22 heavy (non-hydrogen) atoms. The number of piperazine rings is 1. The number of hydrogen-bond donors (Lipinski definition) is 1. The monoisotopic (exact) mass is 302 g/mol. The van der Waals surface area contributed by atoms with Crippen LogP contribution in [-0.2, 0) is 0 Å². The smallest absolute Gasteiger partial charge is 0.298 e. The third kappa shape index (κ3) is 2.14. The van der Waals surface area contributed by atoms with Gasteiger partial charge in [0.2, 0.25) is 5.89 Å². The normalized spacial score (nSPS) is 19.0. The molecule has 1 fully saturated rings. The summed E-state index contributed by atoms with van der Waals surface area (Å²) in [5, 5.41) is 3.31. The van der Waals surface area contributed by atoms with Gasteiger partial charge in [-0.3, -0.25) is 0 Å². The molecule has 114 valence electrons. The summed E-state index contributed by atoms with van der Waals surface area (Å²) in [6.45, 7) is 4.62. The molecule has 1 aliphatic heterocycles. The predicted octanol–water partition coefficient (Wildman–Crippen LogP) is 2.42. The van der Waals surface area contributed by atoms with E-state index < -0.39 is 5.82 Å². The molecule has 1 saturated heterocycles. The van der Waals surface area contributed by atoms with Gasteiger partial charge < -0.3 is 19.1 Å². The first-order valence-corrected chi connectivity index (χ1v) is 7.19. The zero-order valence-electron chi connectivity index (χ0n) is 12.0. The lowest BCUT2D eigenvalue weighted by Crippen LogP contribution is -2.50. The van der Waals surface area contributed by atoms with Gasteiger partial charge in [0.25, 0.3) is 6.01 Å². The van der Waals surface area contributed by atoms with E-state index in [4.69, 9.17) is 8.83 Å². The van der Waals surface area contributed by atoms with Gasteiger partial charge in [-0.2, -0.15) is 4.98 Å². The van der Waals surface area contributed by atoms with Crippen molar-refractivity contribution in [2.24, 2.45) is 0 Å². The van der Waals surface area contributed by atoms with Crippen LogP contribution in [0.15, 0.2) is 33.4 Å². The van der Waals surface area contributed by atoms with Gasteiger partial charge in [0, 0.05) is 31.7 Å². The summed E-state index contributed by atoms with van der Waals surface area (Å²) in [4.78, 5) is 10.6. The predicted molar refractivity (Wildman–Crippen MR) is 79.1 cm³/mol. The van der Waals surface area contributed by atoms with Crippen LogP contribution in [0.1, 0.15) is 6.92 Å². The van der Waals surface area contributed by atoms with Gasteiger partial charge in [0.1, 0.15) is 17.6 Å². The summed E-state index contributed by atoms with van der Waals surface area (Å²) in [5.41, 5.74) is 1.43. The van der Waals surface area contributed by atoms with Crippen molar-refractivity contribution in [1.82, 2.24) is 15.3 Å². The topological polar surface area (TPSA) is 67.3 Å². The Kier molecular flexibility index (Phi) is 3.07. The Morgan fingerprint density at radius 1 is 1.41 bits per heavy atom. The van der Waals surface area contributed by atoms with Gasteiger partial charge in [-0.05, 0) is 13.0 Å². The van der Waals surface area contributed by atoms with Crippen molar-refractivity contribution in [3.8, 4) is 11.5 Å². The van der Waals surface area contributed by atoms with E-state index in [9.17, 15) is 4.39 Å². The number of rotatable bonds is 2. The van der Waals surface area contributed by atoms with E-state index in [0.29, 0.717) is 28.6 Å². The van der Waals surface area contributed by atoms with Crippen LogP contribution in [0.3, 0.4) is 0 Å². The van der Waals surface area contributed by atoms with Gasteiger partial charge in [-0.15, -0.1) is 0 Å². The standard InChI is InChI=1S/C15H15FN4O2/c1-9-8-17-2-4-20(9)15-19-12-7-10(16)6-11(13(12)22-15)14-18-3-5-21-14/h3,5-7,9,17H,2,4,8H2,1H3/t9-/m0/s1. The van der Waals surface area contributed by atoms with Gasteiger partial charge in [0.05, 0.1) is 11.8 Å². The van der Waals surface area contributed by atoms with E-state index in [1.807, 2.05) is 0 Å². The Morgan fingerprint density at radius 2 is 2.32 bits per heavy atom. The molecule has 2 aromatic heterocycles. The number of oxazole rings is 2. The summed E-state index contributed by atoms with van der Waals surface area (Å²) in [7, 11) is 0. The van der Waals surface area contributed by atoms with Crippen molar-refractivity contribution in [2.75, 3.05) is 24.5 Å². The molecular formula is C15H15FN4O2. The van der Waals surface area contributed by atoms with Crippen LogP contribution in [0.25, 0.3) is 22.6 Å². The van der Waals surface area contributed by atoms with E-state index in [0.717, 1.165) is 19.6 Å². The Labute approximate surface area is 125 Å². The fourth-order valence-corrected chi connectivity index (χ4v) is 2.75. The van der Waals surface area contributed by atoms with E-state index in [1.54, 1.807) is 0 Å². The van der Waals surface area contributed by atoms with Crippen molar-refractivity contribution in [1.29, 1.82) is 0 Å². The maximum Gasteiger partial charge on any atom is 0.298 e. The van der Waals surface area contributed by atoms with Gasteiger partial charge in [0.15, 0.2) is 5.58 Å². The molecule has 1 aromatic carbocycles. The molecule has 4 rings (SSSR count). The van der Waals surface area contributed by atoms with Crippen molar-refractivity contribution in [2.45, 2.75) is 13.0 Å². The molecule has 6 nitrogen and oxygen atoms in total. The van der Waals surface area contributed by atoms with Crippen LogP contribution in [0.2, 0.25) is 0 Å². The number of halogens is 1. The van der Waals surface area contributed by atoms with Crippen LogP contribution in [0, 0.1) is 5.82 Å². The molecule has 0 unspecified atom stereocenters. The molecular weight excluding hydrogens is 287 g/mol. The Bertz CT molecular complexity index is 799. The maximum atomic E-state index is 13.8. The number of aromatic nitrogens is 2. The van der Waals surface area contributed by atoms with E-state index in [-0.39, 0.29) is 6.04 Å². The molecule has 1 aliphatic rings. The number of anilines is 1. The molecule has 3 heterocycles. The number of nitrogens with one attached hydrogen (secondary N) is 1. The number of benzene rings is 1. The van der Waals surface area contributed by atoms with Crippen LogP contribution in [0.4, 0.5) is 10.4 Å². The van der Waals surface area contributed by atoms with E-state index in [1.165, 1.54) is 24.6 Å². The van der Waals surface area contributed by atoms with Crippen LogP contribution < -0.4 is 10.2 Å². The first-order valence-electron chi connectivity index (χ1n) is 7.19. The molecule has 3 aromatic rings. The molecule has 0 radical (unpaired) electrons. The van der Waals surface area contributed by atoms with Crippen molar-refractivity contribution < 1.29 is 13.2 Å². The third-order valence-electron chi connectivity index (χ3n) is 3.85. The highest BCUT2D eigenvalue weighted by Gasteiger charge is 2.24. The van der Waals surface area contributed by atoms with Crippen LogP contribution in [-0.4, -0.2) is 35.6 Å². The fraction of sp³-hybridized carbons (Fsp3) is 0.333. The summed E-state index contributed by atoms with van der Waals surface area (Å²) < 4.78 is 25.0. The molecule has 7 heteroatoms. The Balaban J connectivity index is 1.85. The van der Waals surface area contributed by atoms with Gasteiger partial charge in [-0.1, -0.05) is 0 Å². The molecule has 0 aliphatic carbocycles. The highest BCUT2D eigenvalue weighted by molar-refractivity contribution is 5.88. The van der Waals surface area contributed by atoms with Crippen molar-refractivity contribution in [3.63, 3.8) is 0 Å². The Hall–Kier alpha value is -2.41.